The summed E-state index contributed by atoms with van der Waals surface area (Å²) < 4.78 is 2.18. The van der Waals surface area contributed by atoms with Gasteiger partial charge in [0.2, 0.25) is 5.91 Å². The number of amides is 1. The molecule has 1 aromatic heterocycles. The van der Waals surface area contributed by atoms with Gasteiger partial charge in [-0.1, -0.05) is 53.7 Å². The van der Waals surface area contributed by atoms with Gasteiger partial charge in [-0.15, -0.1) is 0 Å². The minimum Gasteiger partial charge on any atom is -0.342 e. The Kier molecular flexibility index (Phi) is 5.41. The summed E-state index contributed by atoms with van der Waals surface area (Å²) in [4.78, 5) is 19.5. The van der Waals surface area contributed by atoms with E-state index >= 15 is 0 Å². The van der Waals surface area contributed by atoms with Crippen molar-refractivity contribution in [3.8, 4) is 0 Å². The maximum Gasteiger partial charge on any atom is 0.235 e. The molecule has 1 fully saturated rings. The number of halogens is 1. The number of rotatable bonds is 5. The van der Waals surface area contributed by atoms with Gasteiger partial charge in [0.05, 0.1) is 22.8 Å². The van der Waals surface area contributed by atoms with Crippen LogP contribution in [0.5, 0.6) is 0 Å². The number of benzene rings is 2. The van der Waals surface area contributed by atoms with E-state index in [2.05, 4.69) is 16.7 Å². The van der Waals surface area contributed by atoms with Gasteiger partial charge in [-0.05, 0) is 43.5 Å². The third-order valence-electron chi connectivity index (χ3n) is 4.91. The van der Waals surface area contributed by atoms with E-state index in [4.69, 9.17) is 16.6 Å². The highest BCUT2D eigenvalue weighted by molar-refractivity contribution is 8.00. The van der Waals surface area contributed by atoms with Crippen LogP contribution in [0, 0.1) is 0 Å². The first-order valence-corrected chi connectivity index (χ1v) is 10.5. The van der Waals surface area contributed by atoms with E-state index in [9.17, 15) is 4.79 Å². The first kappa shape index (κ1) is 18.4. The summed E-state index contributed by atoms with van der Waals surface area (Å²) in [5.74, 6) is 0.203. The van der Waals surface area contributed by atoms with Crippen LogP contribution in [0.2, 0.25) is 5.02 Å². The number of carbonyl (C=O) groups is 1. The number of fused-ring (bicyclic) bond motifs is 1. The minimum atomic E-state index is -0.162. The summed E-state index contributed by atoms with van der Waals surface area (Å²) in [6, 6.07) is 16.1. The quantitative estimate of drug-likeness (QED) is 0.576. The third-order valence-corrected chi connectivity index (χ3v) is 6.22. The van der Waals surface area contributed by atoms with Gasteiger partial charge in [0.25, 0.3) is 0 Å². The molecule has 140 valence electrons. The number of likely N-dealkylation sites (tertiary alicyclic amines) is 1. The van der Waals surface area contributed by atoms with E-state index in [1.807, 2.05) is 48.2 Å². The van der Waals surface area contributed by atoms with Crippen LogP contribution in [0.15, 0.2) is 53.7 Å². The van der Waals surface area contributed by atoms with Crippen LogP contribution in [0.1, 0.15) is 25.3 Å². The number of aromatic nitrogens is 2. The molecule has 0 aliphatic carbocycles. The van der Waals surface area contributed by atoms with E-state index in [-0.39, 0.29) is 11.2 Å². The Morgan fingerprint density at radius 3 is 2.67 bits per heavy atom. The molecule has 3 aromatic rings. The highest BCUT2D eigenvalue weighted by Crippen LogP contribution is 2.30. The van der Waals surface area contributed by atoms with Gasteiger partial charge in [0, 0.05) is 18.1 Å². The first-order chi connectivity index (χ1) is 13.1. The van der Waals surface area contributed by atoms with Crippen molar-refractivity contribution in [1.29, 1.82) is 0 Å². The molecule has 4 rings (SSSR count). The molecule has 0 bridgehead atoms. The van der Waals surface area contributed by atoms with Crippen molar-refractivity contribution < 1.29 is 4.79 Å². The molecule has 1 aliphatic heterocycles. The number of carbonyl (C=O) groups excluding carboxylic acids is 1. The average molecular weight is 400 g/mol. The highest BCUT2D eigenvalue weighted by Gasteiger charge is 2.26. The molecule has 4 nitrogen and oxygen atoms in total. The van der Waals surface area contributed by atoms with Gasteiger partial charge in [-0.3, -0.25) is 4.79 Å². The lowest BCUT2D eigenvalue weighted by Crippen LogP contribution is -2.34. The van der Waals surface area contributed by atoms with Crippen molar-refractivity contribution in [3.05, 3.63) is 59.1 Å². The van der Waals surface area contributed by atoms with Crippen LogP contribution in [-0.2, 0) is 11.3 Å². The first-order valence-electron chi connectivity index (χ1n) is 9.27. The van der Waals surface area contributed by atoms with Crippen molar-refractivity contribution in [3.63, 3.8) is 0 Å². The lowest BCUT2D eigenvalue weighted by molar-refractivity contribution is -0.129. The van der Waals surface area contributed by atoms with E-state index in [1.54, 1.807) is 0 Å². The van der Waals surface area contributed by atoms with Crippen LogP contribution in [0.25, 0.3) is 11.0 Å². The molecule has 1 amide bonds. The summed E-state index contributed by atoms with van der Waals surface area (Å²) in [5.41, 5.74) is 3.10. The molecule has 1 saturated heterocycles. The second-order valence-corrected chi connectivity index (χ2v) is 8.64. The fourth-order valence-electron chi connectivity index (χ4n) is 3.49. The van der Waals surface area contributed by atoms with Crippen molar-refractivity contribution in [2.24, 2.45) is 0 Å². The number of imidazole rings is 1. The summed E-state index contributed by atoms with van der Waals surface area (Å²) in [7, 11) is 0. The van der Waals surface area contributed by atoms with Crippen LogP contribution in [0.3, 0.4) is 0 Å². The Labute approximate surface area is 168 Å². The second kappa shape index (κ2) is 7.95. The van der Waals surface area contributed by atoms with Crippen molar-refractivity contribution in [1.82, 2.24) is 14.5 Å². The molecule has 2 aromatic carbocycles. The SMILES string of the molecule is C[C@H](Sc1nc2cc(Cl)ccc2n1Cc1ccccc1)C(=O)N1CCCC1. The molecule has 0 saturated carbocycles. The van der Waals surface area contributed by atoms with Crippen molar-refractivity contribution in [2.45, 2.75) is 36.7 Å². The Morgan fingerprint density at radius 2 is 1.93 bits per heavy atom. The van der Waals surface area contributed by atoms with Gasteiger partial charge >= 0.3 is 0 Å². The molecular weight excluding hydrogens is 378 g/mol. The monoisotopic (exact) mass is 399 g/mol. The molecule has 0 spiro atoms. The maximum atomic E-state index is 12.7. The highest BCUT2D eigenvalue weighted by atomic mass is 35.5. The molecule has 1 atom stereocenters. The lowest BCUT2D eigenvalue weighted by atomic mass is 10.2. The topological polar surface area (TPSA) is 38.1 Å². The number of hydrogen-bond acceptors (Lipinski definition) is 3. The van der Waals surface area contributed by atoms with Gasteiger partial charge < -0.3 is 9.47 Å². The van der Waals surface area contributed by atoms with E-state index < -0.39 is 0 Å². The predicted octanol–water partition coefficient (Wildman–Crippen LogP) is 4.84. The lowest BCUT2D eigenvalue weighted by Gasteiger charge is -2.20. The molecule has 1 aliphatic rings. The largest absolute Gasteiger partial charge is 0.342 e. The van der Waals surface area contributed by atoms with E-state index in [0.29, 0.717) is 11.6 Å². The summed E-state index contributed by atoms with van der Waals surface area (Å²) in [5, 5.41) is 1.37. The zero-order valence-corrected chi connectivity index (χ0v) is 16.8. The Bertz CT molecular complexity index is 951. The normalized spacial score (nSPS) is 15.4. The fourth-order valence-corrected chi connectivity index (χ4v) is 4.67. The van der Waals surface area contributed by atoms with Gasteiger partial charge in [0.15, 0.2) is 5.16 Å². The fraction of sp³-hybridized carbons (Fsp3) is 0.333. The molecule has 0 unspecified atom stereocenters. The zero-order valence-electron chi connectivity index (χ0n) is 15.3. The molecule has 0 N–H and O–H groups in total. The number of hydrogen-bond donors (Lipinski definition) is 0. The van der Waals surface area contributed by atoms with E-state index in [0.717, 1.165) is 42.1 Å². The van der Waals surface area contributed by atoms with Gasteiger partial charge in [-0.25, -0.2) is 4.98 Å². The molecule has 2 heterocycles. The molecular formula is C21H22ClN3OS. The number of thioether (sulfide) groups is 1. The second-order valence-electron chi connectivity index (χ2n) is 6.89. The third kappa shape index (κ3) is 3.99. The van der Waals surface area contributed by atoms with Gasteiger partial charge in [-0.2, -0.15) is 0 Å². The maximum absolute atomic E-state index is 12.7. The zero-order chi connectivity index (χ0) is 18.8. The van der Waals surface area contributed by atoms with Crippen LogP contribution in [0.4, 0.5) is 0 Å². The Balaban J connectivity index is 1.66. The smallest absolute Gasteiger partial charge is 0.235 e. The van der Waals surface area contributed by atoms with Crippen LogP contribution >= 0.6 is 23.4 Å². The predicted molar refractivity (Wildman–Crippen MR) is 111 cm³/mol. The van der Waals surface area contributed by atoms with E-state index in [1.165, 1.54) is 17.3 Å². The molecule has 27 heavy (non-hydrogen) atoms. The Hall–Kier alpha value is -1.98. The molecule has 6 heteroatoms. The Morgan fingerprint density at radius 1 is 1.19 bits per heavy atom. The average Bonchev–Trinajstić information content (AvgIpc) is 3.31. The summed E-state index contributed by atoms with van der Waals surface area (Å²) in [6.07, 6.45) is 2.21. The summed E-state index contributed by atoms with van der Waals surface area (Å²) >= 11 is 7.70. The van der Waals surface area contributed by atoms with Crippen molar-refractivity contribution >= 4 is 40.3 Å². The van der Waals surface area contributed by atoms with Crippen molar-refractivity contribution in [2.75, 3.05) is 13.1 Å². The van der Waals surface area contributed by atoms with Crippen LogP contribution < -0.4 is 0 Å². The standard InChI is InChI=1S/C21H22ClN3OS/c1-15(20(26)24-11-5-6-12-24)27-21-23-18-13-17(22)9-10-19(18)25(21)14-16-7-3-2-4-8-16/h2-4,7-10,13,15H,5-6,11-12,14H2,1H3/t15-/m0/s1. The summed E-state index contributed by atoms with van der Waals surface area (Å²) in [6.45, 7) is 4.44. The van der Waals surface area contributed by atoms with Crippen LogP contribution in [-0.4, -0.2) is 38.7 Å². The minimum absolute atomic E-state index is 0.162. The molecule has 0 radical (unpaired) electrons. The van der Waals surface area contributed by atoms with Gasteiger partial charge in [0.1, 0.15) is 0 Å². The number of nitrogens with zero attached hydrogens (tertiary/aromatic N) is 3.